The maximum absolute atomic E-state index is 12.7. The summed E-state index contributed by atoms with van der Waals surface area (Å²) in [6.07, 6.45) is 4.16. The minimum atomic E-state index is 0.0614. The lowest BCUT2D eigenvalue weighted by atomic mass is 10.0. The molecule has 1 saturated carbocycles. The number of rotatable bonds is 5. The van der Waals surface area contributed by atoms with E-state index in [9.17, 15) is 4.79 Å². The molecule has 0 N–H and O–H groups in total. The van der Waals surface area contributed by atoms with Gasteiger partial charge < -0.3 is 4.74 Å². The van der Waals surface area contributed by atoms with Gasteiger partial charge in [-0.3, -0.25) is 9.13 Å². The van der Waals surface area contributed by atoms with Gasteiger partial charge in [0.05, 0.1) is 11.0 Å². The molecule has 0 atom stereocenters. The van der Waals surface area contributed by atoms with Crippen LogP contribution in [0.4, 0.5) is 0 Å². The van der Waals surface area contributed by atoms with Crippen LogP contribution in [0.25, 0.3) is 22.2 Å². The number of ether oxygens (including phenoxy) is 1. The number of hydrogen-bond donors (Lipinski definition) is 0. The minimum absolute atomic E-state index is 0.0614. The monoisotopic (exact) mass is 371 g/mol. The molecule has 5 rings (SSSR count). The van der Waals surface area contributed by atoms with E-state index in [0.29, 0.717) is 11.8 Å². The Balaban J connectivity index is 1.52. The zero-order valence-corrected chi connectivity index (χ0v) is 15.7. The van der Waals surface area contributed by atoms with Gasteiger partial charge in [-0.05, 0) is 60.2 Å². The molecule has 5 nitrogen and oxygen atoms in total. The molecule has 1 fully saturated rings. The maximum atomic E-state index is 12.7. The Morgan fingerprint density at radius 3 is 2.64 bits per heavy atom. The molecule has 1 aliphatic carbocycles. The normalized spacial score (nSPS) is 13.8. The van der Waals surface area contributed by atoms with Gasteiger partial charge in [0.1, 0.15) is 5.75 Å². The van der Waals surface area contributed by atoms with Crippen molar-refractivity contribution >= 4 is 11.0 Å². The molecule has 28 heavy (non-hydrogen) atoms. The van der Waals surface area contributed by atoms with Crippen molar-refractivity contribution in [3.63, 3.8) is 0 Å². The molecular weight excluding hydrogens is 350 g/mol. The van der Waals surface area contributed by atoms with Gasteiger partial charge in [-0.15, -0.1) is 0 Å². The highest BCUT2D eigenvalue weighted by atomic mass is 16.5. The van der Waals surface area contributed by atoms with Crippen LogP contribution in [0.5, 0.6) is 11.6 Å². The van der Waals surface area contributed by atoms with E-state index >= 15 is 0 Å². The summed E-state index contributed by atoms with van der Waals surface area (Å²) in [7, 11) is 1.85. The second-order valence-electron chi connectivity index (χ2n) is 7.40. The summed E-state index contributed by atoms with van der Waals surface area (Å²) < 4.78 is 9.51. The fraction of sp³-hybridized carbons (Fsp3) is 0.217. The lowest BCUT2D eigenvalue weighted by molar-refractivity contribution is 0.463. The van der Waals surface area contributed by atoms with Crippen LogP contribution in [0.2, 0.25) is 0 Å². The second-order valence-corrected chi connectivity index (χ2v) is 7.40. The van der Waals surface area contributed by atoms with Gasteiger partial charge in [-0.1, -0.05) is 24.3 Å². The van der Waals surface area contributed by atoms with Crippen molar-refractivity contribution in [3.8, 4) is 22.8 Å². The Bertz CT molecular complexity index is 1200. The largest absolute Gasteiger partial charge is 0.439 e. The predicted octanol–water partition coefficient (Wildman–Crippen LogP) is 4.60. The van der Waals surface area contributed by atoms with Crippen LogP contribution in [-0.2, 0) is 13.6 Å². The van der Waals surface area contributed by atoms with Gasteiger partial charge in [0.15, 0.2) is 0 Å². The average Bonchev–Trinajstić information content (AvgIpc) is 3.52. The SMILES string of the molecule is Cn1c(=O)n(CC2CC2)c2ccc(-c3cccc(Oc4ccccn4)c3)cc21. The van der Waals surface area contributed by atoms with Crippen LogP contribution in [-0.4, -0.2) is 14.1 Å². The van der Waals surface area contributed by atoms with E-state index in [0.717, 1.165) is 34.5 Å². The predicted molar refractivity (Wildman–Crippen MR) is 110 cm³/mol. The van der Waals surface area contributed by atoms with E-state index < -0.39 is 0 Å². The van der Waals surface area contributed by atoms with Gasteiger partial charge in [0.25, 0.3) is 0 Å². The third-order valence-corrected chi connectivity index (χ3v) is 5.31. The quantitative estimate of drug-likeness (QED) is 0.515. The van der Waals surface area contributed by atoms with Crippen LogP contribution in [0, 0.1) is 5.92 Å². The molecule has 1 aliphatic rings. The standard InChI is InChI=1S/C23H21N3O2/c1-25-21-14-18(10-11-20(21)26(23(25)27)15-16-8-9-16)17-5-4-6-19(13-17)28-22-7-2-3-12-24-22/h2-7,10-14,16H,8-9,15H2,1H3. The highest BCUT2D eigenvalue weighted by Gasteiger charge is 2.24. The first-order chi connectivity index (χ1) is 13.7. The van der Waals surface area contributed by atoms with Crippen LogP contribution < -0.4 is 10.4 Å². The van der Waals surface area contributed by atoms with Crippen molar-refractivity contribution in [3.05, 3.63) is 77.3 Å². The lowest BCUT2D eigenvalue weighted by Crippen LogP contribution is -2.22. The topological polar surface area (TPSA) is 49.0 Å². The van der Waals surface area contributed by atoms with Gasteiger partial charge >= 0.3 is 5.69 Å². The minimum Gasteiger partial charge on any atom is -0.439 e. The number of benzene rings is 2. The maximum Gasteiger partial charge on any atom is 0.328 e. The van der Waals surface area contributed by atoms with Gasteiger partial charge in [0.2, 0.25) is 5.88 Å². The van der Waals surface area contributed by atoms with Crippen molar-refractivity contribution in [2.75, 3.05) is 0 Å². The number of hydrogen-bond acceptors (Lipinski definition) is 3. The summed E-state index contributed by atoms with van der Waals surface area (Å²) in [4.78, 5) is 16.9. The summed E-state index contributed by atoms with van der Waals surface area (Å²) in [5, 5.41) is 0. The molecule has 5 heteroatoms. The zero-order valence-electron chi connectivity index (χ0n) is 15.7. The van der Waals surface area contributed by atoms with Crippen molar-refractivity contribution in [1.82, 2.24) is 14.1 Å². The molecule has 0 radical (unpaired) electrons. The number of pyridine rings is 1. The fourth-order valence-electron chi connectivity index (χ4n) is 3.59. The van der Waals surface area contributed by atoms with Crippen LogP contribution in [0.15, 0.2) is 71.7 Å². The Morgan fingerprint density at radius 1 is 1.00 bits per heavy atom. The molecule has 2 aromatic carbocycles. The number of fused-ring (bicyclic) bond motifs is 1. The third kappa shape index (κ3) is 3.09. The fourth-order valence-corrected chi connectivity index (χ4v) is 3.59. The van der Waals surface area contributed by atoms with E-state index in [2.05, 4.69) is 23.2 Å². The average molecular weight is 371 g/mol. The van der Waals surface area contributed by atoms with Crippen molar-refractivity contribution in [1.29, 1.82) is 0 Å². The molecule has 0 unspecified atom stereocenters. The highest BCUT2D eigenvalue weighted by Crippen LogP contribution is 2.32. The van der Waals surface area contributed by atoms with Crippen LogP contribution in [0.3, 0.4) is 0 Å². The molecule has 0 aliphatic heterocycles. The first-order valence-electron chi connectivity index (χ1n) is 9.57. The summed E-state index contributed by atoms with van der Waals surface area (Å²) in [5.41, 5.74) is 4.12. The van der Waals surface area contributed by atoms with Crippen LogP contribution >= 0.6 is 0 Å². The van der Waals surface area contributed by atoms with E-state index in [4.69, 9.17) is 4.74 Å². The van der Waals surface area contributed by atoms with E-state index in [1.54, 1.807) is 10.8 Å². The molecule has 0 saturated heterocycles. The second kappa shape index (κ2) is 6.68. The lowest BCUT2D eigenvalue weighted by Gasteiger charge is -2.08. The molecule has 0 bridgehead atoms. The Hall–Kier alpha value is -3.34. The Labute approximate surface area is 162 Å². The Kier molecular flexibility index (Phi) is 4.01. The van der Waals surface area contributed by atoms with Crippen molar-refractivity contribution in [2.24, 2.45) is 13.0 Å². The summed E-state index contributed by atoms with van der Waals surface area (Å²) in [5.74, 6) is 1.95. The van der Waals surface area contributed by atoms with Crippen LogP contribution in [0.1, 0.15) is 12.8 Å². The first-order valence-corrected chi connectivity index (χ1v) is 9.57. The Morgan fingerprint density at radius 2 is 1.86 bits per heavy atom. The summed E-state index contributed by atoms with van der Waals surface area (Å²) in [6, 6.07) is 19.7. The van der Waals surface area contributed by atoms with Crippen molar-refractivity contribution in [2.45, 2.75) is 19.4 Å². The smallest absolute Gasteiger partial charge is 0.328 e. The molecule has 0 amide bonds. The van der Waals surface area contributed by atoms with Gasteiger partial charge in [0, 0.05) is 25.9 Å². The number of aromatic nitrogens is 3. The molecular formula is C23H21N3O2. The number of aryl methyl sites for hydroxylation is 1. The van der Waals surface area contributed by atoms with E-state index in [1.165, 1.54) is 12.8 Å². The molecule has 4 aromatic rings. The van der Waals surface area contributed by atoms with Gasteiger partial charge in [-0.25, -0.2) is 9.78 Å². The zero-order chi connectivity index (χ0) is 19.1. The molecule has 0 spiro atoms. The third-order valence-electron chi connectivity index (χ3n) is 5.31. The highest BCUT2D eigenvalue weighted by molar-refractivity contribution is 5.83. The van der Waals surface area contributed by atoms with E-state index in [1.807, 2.05) is 54.1 Å². The molecule has 2 aromatic heterocycles. The molecule has 140 valence electrons. The number of nitrogens with zero attached hydrogens (tertiary/aromatic N) is 3. The van der Waals surface area contributed by atoms with Gasteiger partial charge in [-0.2, -0.15) is 0 Å². The molecule has 2 heterocycles. The summed E-state index contributed by atoms with van der Waals surface area (Å²) in [6.45, 7) is 0.822. The van der Waals surface area contributed by atoms with Crippen molar-refractivity contribution < 1.29 is 4.74 Å². The van der Waals surface area contributed by atoms with E-state index in [-0.39, 0.29) is 5.69 Å². The first kappa shape index (κ1) is 16.8. The number of imidazole rings is 1. The summed E-state index contributed by atoms with van der Waals surface area (Å²) >= 11 is 0.